The Bertz CT molecular complexity index is 2910. The predicted molar refractivity (Wildman–Crippen MR) is 225 cm³/mol. The van der Waals surface area contributed by atoms with Gasteiger partial charge in [-0.15, -0.1) is 11.3 Å². The molecule has 0 atom stereocenters. The first-order valence-corrected chi connectivity index (χ1v) is 18.6. The van der Waals surface area contributed by atoms with Gasteiger partial charge in [0.15, 0.2) is 0 Å². The third-order valence-electron chi connectivity index (χ3n) is 10.2. The summed E-state index contributed by atoms with van der Waals surface area (Å²) in [7, 11) is 0. The average molecular weight is 680 g/mol. The van der Waals surface area contributed by atoms with E-state index in [0.29, 0.717) is 0 Å². The lowest BCUT2D eigenvalue weighted by Gasteiger charge is -2.28. The maximum Gasteiger partial charge on any atom is 0.0540 e. The van der Waals surface area contributed by atoms with E-state index in [-0.39, 0.29) is 0 Å². The van der Waals surface area contributed by atoms with Crippen LogP contribution in [0, 0.1) is 0 Å². The molecule has 52 heavy (non-hydrogen) atoms. The zero-order valence-electron chi connectivity index (χ0n) is 28.4. The number of thiophene rings is 1. The first-order valence-electron chi connectivity index (χ1n) is 17.7. The van der Waals surface area contributed by atoms with Crippen LogP contribution in [0.1, 0.15) is 0 Å². The summed E-state index contributed by atoms with van der Waals surface area (Å²) in [5.74, 6) is 0. The molecule has 0 unspecified atom stereocenters. The molecular weight excluding hydrogens is 647 g/mol. The number of nitrogens with zero attached hydrogens (tertiary/aromatic N) is 1. The van der Waals surface area contributed by atoms with Crippen LogP contribution in [0.25, 0.3) is 75.1 Å². The van der Waals surface area contributed by atoms with Crippen LogP contribution < -0.4 is 4.90 Å². The highest BCUT2D eigenvalue weighted by atomic mass is 32.1. The monoisotopic (exact) mass is 679 g/mol. The van der Waals surface area contributed by atoms with Crippen LogP contribution in [0.3, 0.4) is 0 Å². The van der Waals surface area contributed by atoms with Crippen molar-refractivity contribution >= 4 is 70.1 Å². The second-order valence-corrected chi connectivity index (χ2v) is 14.5. The Morgan fingerprint density at radius 3 is 1.52 bits per heavy atom. The van der Waals surface area contributed by atoms with Crippen molar-refractivity contribution in [2.24, 2.45) is 0 Å². The van der Waals surface area contributed by atoms with Crippen molar-refractivity contribution in [1.29, 1.82) is 0 Å². The van der Waals surface area contributed by atoms with Crippen LogP contribution in [0.4, 0.5) is 17.1 Å². The maximum atomic E-state index is 2.43. The van der Waals surface area contributed by atoms with Crippen LogP contribution >= 0.6 is 11.3 Å². The number of anilines is 3. The third-order valence-corrected chi connectivity index (χ3v) is 11.4. The van der Waals surface area contributed by atoms with Crippen LogP contribution in [0.5, 0.6) is 0 Å². The lowest BCUT2D eigenvalue weighted by atomic mass is 9.96. The highest BCUT2D eigenvalue weighted by molar-refractivity contribution is 7.25. The fourth-order valence-corrected chi connectivity index (χ4v) is 8.68. The van der Waals surface area contributed by atoms with E-state index in [4.69, 9.17) is 0 Å². The standard InChI is InChI=1S/C50H33NS/c1-3-11-34(12-4-1)36-19-20-38-30-39(22-21-37(38)29-36)40-23-24-42-32-43(26-25-41(42)31-40)51(48-17-9-7-15-45(48)35-13-5-2-6-14-35)44-27-28-50-47(33-44)46-16-8-10-18-49(46)52-50/h1-33H. The smallest absolute Gasteiger partial charge is 0.0540 e. The number of benzene rings is 9. The van der Waals surface area contributed by atoms with E-state index in [9.17, 15) is 0 Å². The van der Waals surface area contributed by atoms with Crippen LogP contribution in [-0.2, 0) is 0 Å². The summed E-state index contributed by atoms with van der Waals surface area (Å²) in [6.45, 7) is 0. The Kier molecular flexibility index (Phi) is 7.41. The van der Waals surface area contributed by atoms with Gasteiger partial charge in [-0.05, 0) is 110 Å². The van der Waals surface area contributed by atoms with Crippen molar-refractivity contribution in [3.63, 3.8) is 0 Å². The van der Waals surface area contributed by atoms with Crippen molar-refractivity contribution in [1.82, 2.24) is 0 Å². The number of para-hydroxylation sites is 1. The molecule has 0 spiro atoms. The van der Waals surface area contributed by atoms with E-state index in [1.807, 2.05) is 11.3 Å². The molecule has 0 aliphatic rings. The quantitative estimate of drug-likeness (QED) is 0.169. The molecule has 2 heteroatoms. The Hall–Kier alpha value is -6.48. The highest BCUT2D eigenvalue weighted by Gasteiger charge is 2.19. The van der Waals surface area contributed by atoms with Gasteiger partial charge < -0.3 is 4.90 Å². The molecule has 0 saturated heterocycles. The third kappa shape index (κ3) is 5.42. The van der Waals surface area contributed by atoms with Gasteiger partial charge in [0.25, 0.3) is 0 Å². The molecule has 10 aromatic rings. The molecule has 0 fully saturated rings. The van der Waals surface area contributed by atoms with Gasteiger partial charge in [0, 0.05) is 37.1 Å². The number of fused-ring (bicyclic) bond motifs is 5. The van der Waals surface area contributed by atoms with Gasteiger partial charge in [-0.3, -0.25) is 0 Å². The molecule has 244 valence electrons. The summed E-state index contributed by atoms with van der Waals surface area (Å²) in [4.78, 5) is 2.43. The molecule has 1 aromatic heterocycles. The minimum atomic E-state index is 1.13. The molecule has 0 aliphatic carbocycles. The normalized spacial score (nSPS) is 11.5. The molecule has 10 rings (SSSR count). The van der Waals surface area contributed by atoms with Crippen molar-refractivity contribution in [2.45, 2.75) is 0 Å². The molecular formula is C50H33NS. The van der Waals surface area contributed by atoms with E-state index in [1.165, 1.54) is 75.1 Å². The Labute approximate surface area is 307 Å². The molecule has 0 N–H and O–H groups in total. The van der Waals surface area contributed by atoms with Crippen LogP contribution in [0.15, 0.2) is 200 Å². The number of hydrogen-bond donors (Lipinski definition) is 0. The zero-order chi connectivity index (χ0) is 34.4. The molecule has 0 aliphatic heterocycles. The molecule has 1 heterocycles. The largest absolute Gasteiger partial charge is 0.310 e. The van der Waals surface area contributed by atoms with Gasteiger partial charge in [-0.2, -0.15) is 0 Å². The molecule has 9 aromatic carbocycles. The fourth-order valence-electron chi connectivity index (χ4n) is 7.60. The summed E-state index contributed by atoms with van der Waals surface area (Å²) >= 11 is 1.86. The topological polar surface area (TPSA) is 3.24 Å². The van der Waals surface area contributed by atoms with E-state index in [2.05, 4.69) is 205 Å². The Morgan fingerprint density at radius 2 is 0.808 bits per heavy atom. The van der Waals surface area contributed by atoms with Crippen molar-refractivity contribution < 1.29 is 0 Å². The fraction of sp³-hybridized carbons (Fsp3) is 0. The lowest BCUT2D eigenvalue weighted by molar-refractivity contribution is 1.29. The summed E-state index contributed by atoms with van der Waals surface area (Å²) in [5.41, 5.74) is 10.7. The minimum Gasteiger partial charge on any atom is -0.310 e. The molecule has 0 radical (unpaired) electrons. The highest BCUT2D eigenvalue weighted by Crippen LogP contribution is 2.44. The Balaban J connectivity index is 1.07. The average Bonchev–Trinajstić information content (AvgIpc) is 3.59. The summed E-state index contributed by atoms with van der Waals surface area (Å²) < 4.78 is 2.62. The lowest BCUT2D eigenvalue weighted by Crippen LogP contribution is -2.11. The molecule has 0 amide bonds. The SMILES string of the molecule is c1ccc(-c2ccc3cc(-c4ccc5cc(N(c6ccc7sc8ccccc8c7c6)c6ccccc6-c6ccccc6)ccc5c4)ccc3c2)cc1. The first kappa shape index (κ1) is 30.4. The summed E-state index contributed by atoms with van der Waals surface area (Å²) in [6.07, 6.45) is 0. The van der Waals surface area contributed by atoms with Gasteiger partial charge in [-0.25, -0.2) is 0 Å². The van der Waals surface area contributed by atoms with Crippen LogP contribution in [0.2, 0.25) is 0 Å². The maximum absolute atomic E-state index is 2.43. The summed E-state index contributed by atoms with van der Waals surface area (Å²) in [5, 5.41) is 7.51. The first-order chi connectivity index (χ1) is 25.7. The minimum absolute atomic E-state index is 1.13. The van der Waals surface area contributed by atoms with Gasteiger partial charge in [0.1, 0.15) is 0 Å². The van der Waals surface area contributed by atoms with Gasteiger partial charge in [0.05, 0.1) is 5.69 Å². The predicted octanol–water partition coefficient (Wildman–Crippen LogP) is 14.8. The van der Waals surface area contributed by atoms with Crippen molar-refractivity contribution in [2.75, 3.05) is 4.90 Å². The van der Waals surface area contributed by atoms with Crippen molar-refractivity contribution in [3.05, 3.63) is 200 Å². The Morgan fingerprint density at radius 1 is 0.308 bits per heavy atom. The molecule has 0 saturated carbocycles. The molecule has 0 bridgehead atoms. The van der Waals surface area contributed by atoms with Gasteiger partial charge in [0.2, 0.25) is 0 Å². The van der Waals surface area contributed by atoms with Gasteiger partial charge >= 0.3 is 0 Å². The van der Waals surface area contributed by atoms with Gasteiger partial charge in [-0.1, -0.05) is 140 Å². The van der Waals surface area contributed by atoms with Crippen molar-refractivity contribution in [3.8, 4) is 33.4 Å². The van der Waals surface area contributed by atoms with E-state index in [1.54, 1.807) is 0 Å². The number of rotatable bonds is 6. The second-order valence-electron chi connectivity index (χ2n) is 13.4. The van der Waals surface area contributed by atoms with E-state index < -0.39 is 0 Å². The summed E-state index contributed by atoms with van der Waals surface area (Å²) in [6, 6.07) is 73.0. The van der Waals surface area contributed by atoms with Crippen LogP contribution in [-0.4, -0.2) is 0 Å². The van der Waals surface area contributed by atoms with E-state index >= 15 is 0 Å². The molecule has 1 nitrogen and oxygen atoms in total. The zero-order valence-corrected chi connectivity index (χ0v) is 29.2. The second kappa shape index (κ2) is 12.7. The number of hydrogen-bond acceptors (Lipinski definition) is 2. The van der Waals surface area contributed by atoms with E-state index in [0.717, 1.165) is 17.1 Å².